The van der Waals surface area contributed by atoms with Crippen molar-refractivity contribution in [2.45, 2.75) is 20.3 Å². The number of ketones is 1. The maximum Gasteiger partial charge on any atom is 0.194 e. The summed E-state index contributed by atoms with van der Waals surface area (Å²) >= 11 is 6.84. The zero-order valence-corrected chi connectivity index (χ0v) is 14.7. The van der Waals surface area contributed by atoms with E-state index in [0.29, 0.717) is 11.5 Å². The van der Waals surface area contributed by atoms with E-state index in [0.717, 1.165) is 20.9 Å². The summed E-state index contributed by atoms with van der Waals surface area (Å²) in [6, 6.07) is 13.5. The molecule has 0 saturated carbocycles. The van der Waals surface area contributed by atoms with Crippen molar-refractivity contribution in [1.29, 1.82) is 0 Å². The van der Waals surface area contributed by atoms with Crippen molar-refractivity contribution in [2.75, 3.05) is 0 Å². The second-order valence-electron chi connectivity index (χ2n) is 5.25. The third kappa shape index (κ3) is 3.80. The van der Waals surface area contributed by atoms with Gasteiger partial charge in [0.15, 0.2) is 5.78 Å². The van der Waals surface area contributed by atoms with Gasteiger partial charge in [-0.15, -0.1) is 0 Å². The lowest BCUT2D eigenvalue weighted by Gasteiger charge is -2.07. The van der Waals surface area contributed by atoms with E-state index < -0.39 is 0 Å². The van der Waals surface area contributed by atoms with E-state index in [4.69, 9.17) is 0 Å². The van der Waals surface area contributed by atoms with Gasteiger partial charge in [-0.1, -0.05) is 70.0 Å². The highest BCUT2D eigenvalue weighted by Gasteiger charge is 2.13. The molecule has 0 radical (unpaired) electrons. The van der Waals surface area contributed by atoms with Crippen LogP contribution in [0.15, 0.2) is 51.4 Å². The summed E-state index contributed by atoms with van der Waals surface area (Å²) in [5.74, 6) is 0.657. The lowest BCUT2D eigenvalue weighted by Crippen LogP contribution is -2.03. The fourth-order valence-electron chi connectivity index (χ4n) is 2.09. The van der Waals surface area contributed by atoms with Gasteiger partial charge < -0.3 is 0 Å². The number of benzene rings is 2. The van der Waals surface area contributed by atoms with Crippen LogP contribution in [0.25, 0.3) is 0 Å². The number of carbonyl (C=O) groups is 1. The van der Waals surface area contributed by atoms with Crippen molar-refractivity contribution in [3.05, 3.63) is 68.1 Å². The second-order valence-corrected chi connectivity index (χ2v) is 7.02. The van der Waals surface area contributed by atoms with E-state index >= 15 is 0 Å². The van der Waals surface area contributed by atoms with Gasteiger partial charge in [0.25, 0.3) is 0 Å². The summed E-state index contributed by atoms with van der Waals surface area (Å²) in [7, 11) is 0. The predicted molar refractivity (Wildman–Crippen MR) is 90.3 cm³/mol. The van der Waals surface area contributed by atoms with Crippen molar-refractivity contribution in [2.24, 2.45) is 5.92 Å². The Hall–Kier alpha value is -0.930. The first-order valence-electron chi connectivity index (χ1n) is 6.56. The van der Waals surface area contributed by atoms with Gasteiger partial charge in [-0.3, -0.25) is 4.79 Å². The van der Waals surface area contributed by atoms with Gasteiger partial charge in [-0.2, -0.15) is 0 Å². The van der Waals surface area contributed by atoms with Crippen LogP contribution in [-0.4, -0.2) is 5.78 Å². The first-order valence-corrected chi connectivity index (χ1v) is 8.14. The van der Waals surface area contributed by atoms with Crippen LogP contribution >= 0.6 is 31.9 Å². The first kappa shape index (κ1) is 15.5. The minimum atomic E-state index is 0.0364. The van der Waals surface area contributed by atoms with Crippen molar-refractivity contribution < 1.29 is 4.79 Å². The van der Waals surface area contributed by atoms with E-state index in [-0.39, 0.29) is 5.78 Å². The number of halogens is 2. The van der Waals surface area contributed by atoms with Gasteiger partial charge in [0, 0.05) is 20.1 Å². The first-order chi connectivity index (χ1) is 9.47. The average Bonchev–Trinajstić information content (AvgIpc) is 2.41. The molecule has 2 aromatic carbocycles. The van der Waals surface area contributed by atoms with Gasteiger partial charge in [-0.25, -0.2) is 0 Å². The smallest absolute Gasteiger partial charge is 0.194 e. The van der Waals surface area contributed by atoms with Crippen molar-refractivity contribution in [1.82, 2.24) is 0 Å². The molecule has 0 amide bonds. The molecule has 0 heterocycles. The van der Waals surface area contributed by atoms with Crippen LogP contribution in [0.1, 0.15) is 35.3 Å². The molecule has 0 aliphatic heterocycles. The molecule has 0 aliphatic carbocycles. The predicted octanol–water partition coefficient (Wildman–Crippen LogP) is 5.64. The van der Waals surface area contributed by atoms with Crippen LogP contribution in [0.2, 0.25) is 0 Å². The molecule has 0 atom stereocenters. The lowest BCUT2D eigenvalue weighted by molar-refractivity contribution is 0.103. The molecule has 3 heteroatoms. The molecule has 1 nitrogen and oxygen atoms in total. The Balaban J connectivity index is 2.27. The SMILES string of the molecule is CC(C)Cc1ccc(C(=O)c2cc(Br)ccc2Br)cc1. The summed E-state index contributed by atoms with van der Waals surface area (Å²) in [6.07, 6.45) is 1.04. The Morgan fingerprint density at radius 1 is 1.05 bits per heavy atom. The van der Waals surface area contributed by atoms with Crippen LogP contribution in [0.5, 0.6) is 0 Å². The molecule has 0 bridgehead atoms. The normalized spacial score (nSPS) is 10.8. The minimum absolute atomic E-state index is 0.0364. The molecular formula is C17H16Br2O. The molecule has 0 fully saturated rings. The topological polar surface area (TPSA) is 17.1 Å². The lowest BCUT2D eigenvalue weighted by atomic mass is 9.98. The second kappa shape index (κ2) is 6.68. The van der Waals surface area contributed by atoms with Gasteiger partial charge in [0.05, 0.1) is 0 Å². The zero-order chi connectivity index (χ0) is 14.7. The quantitative estimate of drug-likeness (QED) is 0.612. The summed E-state index contributed by atoms with van der Waals surface area (Å²) in [5, 5.41) is 0. The Morgan fingerprint density at radius 3 is 2.30 bits per heavy atom. The Labute approximate surface area is 136 Å². The largest absolute Gasteiger partial charge is 0.289 e. The zero-order valence-electron chi connectivity index (χ0n) is 11.5. The van der Waals surface area contributed by atoms with Gasteiger partial charge >= 0.3 is 0 Å². The van der Waals surface area contributed by atoms with Crippen molar-refractivity contribution >= 4 is 37.6 Å². The summed E-state index contributed by atoms with van der Waals surface area (Å²) in [4.78, 5) is 12.5. The van der Waals surface area contributed by atoms with E-state index in [1.807, 2.05) is 42.5 Å². The van der Waals surface area contributed by atoms with Gasteiger partial charge in [0.2, 0.25) is 0 Å². The van der Waals surface area contributed by atoms with Crippen LogP contribution in [0, 0.1) is 5.92 Å². The number of rotatable bonds is 4. The Bertz CT molecular complexity index is 615. The summed E-state index contributed by atoms with van der Waals surface area (Å²) < 4.78 is 1.72. The van der Waals surface area contributed by atoms with E-state index in [1.165, 1.54) is 5.56 Å². The highest BCUT2D eigenvalue weighted by Crippen LogP contribution is 2.24. The molecule has 104 valence electrons. The molecule has 0 aromatic heterocycles. The van der Waals surface area contributed by atoms with Gasteiger partial charge in [0.1, 0.15) is 0 Å². The standard InChI is InChI=1S/C17H16Br2O/c1-11(2)9-12-3-5-13(6-4-12)17(20)15-10-14(18)7-8-16(15)19/h3-8,10-11H,9H2,1-2H3. The highest BCUT2D eigenvalue weighted by molar-refractivity contribution is 9.11. The molecule has 20 heavy (non-hydrogen) atoms. The van der Waals surface area contributed by atoms with E-state index in [2.05, 4.69) is 45.7 Å². The molecule has 0 aliphatic rings. The number of carbonyl (C=O) groups excluding carboxylic acids is 1. The average molecular weight is 396 g/mol. The highest BCUT2D eigenvalue weighted by atomic mass is 79.9. The van der Waals surface area contributed by atoms with Crippen LogP contribution < -0.4 is 0 Å². The Morgan fingerprint density at radius 2 is 1.70 bits per heavy atom. The molecule has 2 rings (SSSR count). The third-order valence-corrected chi connectivity index (χ3v) is 4.22. The fraction of sp³-hybridized carbons (Fsp3) is 0.235. The van der Waals surface area contributed by atoms with E-state index in [9.17, 15) is 4.79 Å². The van der Waals surface area contributed by atoms with Crippen LogP contribution in [0.3, 0.4) is 0 Å². The monoisotopic (exact) mass is 394 g/mol. The summed E-state index contributed by atoms with van der Waals surface area (Å²) in [6.45, 7) is 4.38. The Kier molecular flexibility index (Phi) is 5.17. The fourth-order valence-corrected chi connectivity index (χ4v) is 2.88. The maximum atomic E-state index is 12.5. The van der Waals surface area contributed by atoms with E-state index in [1.54, 1.807) is 0 Å². The molecule has 0 saturated heterocycles. The minimum Gasteiger partial charge on any atom is -0.289 e. The molecule has 0 unspecified atom stereocenters. The van der Waals surface area contributed by atoms with Crippen LogP contribution in [0.4, 0.5) is 0 Å². The van der Waals surface area contributed by atoms with Crippen molar-refractivity contribution in [3.8, 4) is 0 Å². The van der Waals surface area contributed by atoms with Crippen molar-refractivity contribution in [3.63, 3.8) is 0 Å². The number of hydrogen-bond acceptors (Lipinski definition) is 1. The molecule has 0 spiro atoms. The molecule has 2 aromatic rings. The van der Waals surface area contributed by atoms with Crippen LogP contribution in [-0.2, 0) is 6.42 Å². The molecular weight excluding hydrogens is 380 g/mol. The summed E-state index contributed by atoms with van der Waals surface area (Å²) in [5.41, 5.74) is 2.66. The van der Waals surface area contributed by atoms with Gasteiger partial charge in [-0.05, 0) is 36.1 Å². The molecule has 0 N–H and O–H groups in total. The third-order valence-electron chi connectivity index (χ3n) is 3.03. The number of hydrogen-bond donors (Lipinski definition) is 0. The maximum absolute atomic E-state index is 12.5.